The van der Waals surface area contributed by atoms with Gasteiger partial charge >= 0.3 is 0 Å². The van der Waals surface area contributed by atoms with Crippen LogP contribution in [0, 0.1) is 5.92 Å². The second-order valence-corrected chi connectivity index (χ2v) is 4.39. The van der Waals surface area contributed by atoms with Crippen molar-refractivity contribution in [3.8, 4) is 0 Å². The molecule has 0 aliphatic heterocycles. The number of nitrogens with one attached hydrogen (secondary N) is 1. The van der Waals surface area contributed by atoms with E-state index in [9.17, 15) is 9.90 Å². The Morgan fingerprint density at radius 3 is 2.94 bits per heavy atom. The van der Waals surface area contributed by atoms with Crippen LogP contribution in [-0.2, 0) is 9.53 Å². The zero-order valence-electron chi connectivity index (χ0n) is 9.82. The van der Waals surface area contributed by atoms with Gasteiger partial charge in [-0.05, 0) is 19.3 Å². The van der Waals surface area contributed by atoms with E-state index in [1.807, 2.05) is 0 Å². The molecule has 1 fully saturated rings. The summed E-state index contributed by atoms with van der Waals surface area (Å²) in [7, 11) is 1.58. The summed E-state index contributed by atoms with van der Waals surface area (Å²) in [6.45, 7) is 1.02. The molecule has 0 heterocycles. The van der Waals surface area contributed by atoms with E-state index in [4.69, 9.17) is 10.5 Å². The van der Waals surface area contributed by atoms with Crippen molar-refractivity contribution in [1.29, 1.82) is 0 Å². The Morgan fingerprint density at radius 1 is 1.62 bits per heavy atom. The summed E-state index contributed by atoms with van der Waals surface area (Å²) >= 11 is 0. The molecule has 3 atom stereocenters. The Labute approximate surface area is 96.3 Å². The van der Waals surface area contributed by atoms with Crippen molar-refractivity contribution in [2.24, 2.45) is 11.7 Å². The first kappa shape index (κ1) is 13.4. The minimum absolute atomic E-state index is 0.156. The van der Waals surface area contributed by atoms with Crippen LogP contribution in [0.15, 0.2) is 0 Å². The second-order valence-electron chi connectivity index (χ2n) is 4.39. The number of ether oxygens (including phenoxy) is 1. The summed E-state index contributed by atoms with van der Waals surface area (Å²) in [4.78, 5) is 11.5. The number of amides is 1. The van der Waals surface area contributed by atoms with Crippen LogP contribution in [-0.4, -0.2) is 43.4 Å². The van der Waals surface area contributed by atoms with E-state index < -0.39 is 6.04 Å². The Morgan fingerprint density at radius 2 is 2.38 bits per heavy atom. The van der Waals surface area contributed by atoms with Gasteiger partial charge in [-0.1, -0.05) is 6.42 Å². The van der Waals surface area contributed by atoms with Crippen LogP contribution < -0.4 is 11.1 Å². The van der Waals surface area contributed by atoms with Crippen molar-refractivity contribution in [3.05, 3.63) is 0 Å². The summed E-state index contributed by atoms with van der Waals surface area (Å²) in [5.74, 6) is 0.0368. The largest absolute Gasteiger partial charge is 0.393 e. The number of hydrogen-bond donors (Lipinski definition) is 3. The molecule has 1 rings (SSSR count). The quantitative estimate of drug-likeness (QED) is 0.581. The van der Waals surface area contributed by atoms with Gasteiger partial charge in [0.05, 0.1) is 12.1 Å². The maximum atomic E-state index is 11.5. The van der Waals surface area contributed by atoms with Gasteiger partial charge in [0.1, 0.15) is 0 Å². The molecule has 0 aromatic heterocycles. The molecular formula is C11H22N2O3. The van der Waals surface area contributed by atoms with Gasteiger partial charge in [0.2, 0.25) is 5.91 Å². The molecule has 0 saturated heterocycles. The van der Waals surface area contributed by atoms with Gasteiger partial charge < -0.3 is 20.9 Å². The lowest BCUT2D eigenvalue weighted by molar-refractivity contribution is -0.123. The highest BCUT2D eigenvalue weighted by Crippen LogP contribution is 2.24. The Bertz CT molecular complexity index is 223. The number of aliphatic hydroxyl groups excluding tert-OH is 1. The van der Waals surface area contributed by atoms with Gasteiger partial charge in [0.15, 0.2) is 0 Å². The fourth-order valence-corrected chi connectivity index (χ4v) is 1.99. The molecule has 1 amide bonds. The van der Waals surface area contributed by atoms with Crippen LogP contribution in [0.4, 0.5) is 0 Å². The molecular weight excluding hydrogens is 208 g/mol. The van der Waals surface area contributed by atoms with E-state index in [1.165, 1.54) is 0 Å². The SMILES string of the molecule is COCCC(N)C(=O)NCC1CCCC1O. The summed E-state index contributed by atoms with van der Waals surface area (Å²) in [5.41, 5.74) is 5.67. The summed E-state index contributed by atoms with van der Waals surface area (Å²) in [5, 5.41) is 12.4. The highest BCUT2D eigenvalue weighted by molar-refractivity contribution is 5.81. The standard InChI is InChI=1S/C11H22N2O3/c1-16-6-5-9(12)11(15)13-7-8-3-2-4-10(8)14/h8-10,14H,2-7,12H2,1H3,(H,13,15). The number of nitrogens with two attached hydrogens (primary N) is 1. The molecule has 16 heavy (non-hydrogen) atoms. The third-order valence-corrected chi connectivity index (χ3v) is 3.13. The molecule has 0 bridgehead atoms. The van der Waals surface area contributed by atoms with Gasteiger partial charge in [-0.25, -0.2) is 0 Å². The van der Waals surface area contributed by atoms with Crippen LogP contribution in [0.5, 0.6) is 0 Å². The molecule has 4 N–H and O–H groups in total. The first-order chi connectivity index (χ1) is 7.65. The van der Waals surface area contributed by atoms with Gasteiger partial charge in [-0.3, -0.25) is 4.79 Å². The monoisotopic (exact) mass is 230 g/mol. The van der Waals surface area contributed by atoms with Crippen LogP contribution >= 0.6 is 0 Å². The number of rotatable bonds is 6. The second kappa shape index (κ2) is 6.83. The Balaban J connectivity index is 2.18. The maximum Gasteiger partial charge on any atom is 0.237 e. The predicted octanol–water partition coefficient (Wildman–Crippen LogP) is -0.373. The zero-order valence-corrected chi connectivity index (χ0v) is 9.82. The van der Waals surface area contributed by atoms with E-state index in [2.05, 4.69) is 5.32 Å². The molecule has 0 aromatic carbocycles. The number of aliphatic hydroxyl groups is 1. The summed E-state index contributed by atoms with van der Waals surface area (Å²) in [6, 6.07) is -0.515. The van der Waals surface area contributed by atoms with Crippen LogP contribution in [0.1, 0.15) is 25.7 Å². The third kappa shape index (κ3) is 4.08. The molecule has 1 saturated carbocycles. The Kier molecular flexibility index (Phi) is 5.73. The van der Waals surface area contributed by atoms with E-state index in [-0.39, 0.29) is 17.9 Å². The fraction of sp³-hybridized carbons (Fsp3) is 0.909. The normalized spacial score (nSPS) is 26.7. The van der Waals surface area contributed by atoms with Crippen LogP contribution in [0.3, 0.4) is 0 Å². The first-order valence-corrected chi connectivity index (χ1v) is 5.85. The molecule has 94 valence electrons. The Hall–Kier alpha value is -0.650. The number of carbonyl (C=O) groups is 1. The highest BCUT2D eigenvalue weighted by atomic mass is 16.5. The van der Waals surface area contributed by atoms with Crippen LogP contribution in [0.25, 0.3) is 0 Å². The van der Waals surface area contributed by atoms with E-state index in [0.717, 1.165) is 19.3 Å². The molecule has 1 aliphatic carbocycles. The van der Waals surface area contributed by atoms with E-state index in [0.29, 0.717) is 19.6 Å². The van der Waals surface area contributed by atoms with Crippen molar-refractivity contribution in [3.63, 3.8) is 0 Å². The smallest absolute Gasteiger partial charge is 0.237 e. The summed E-state index contributed by atoms with van der Waals surface area (Å²) in [6.07, 6.45) is 3.12. The lowest BCUT2D eigenvalue weighted by Gasteiger charge is -2.17. The minimum atomic E-state index is -0.515. The topological polar surface area (TPSA) is 84.6 Å². The molecule has 5 heteroatoms. The number of carbonyl (C=O) groups excluding carboxylic acids is 1. The van der Waals surface area contributed by atoms with Gasteiger partial charge in [0.25, 0.3) is 0 Å². The van der Waals surface area contributed by atoms with Gasteiger partial charge in [-0.2, -0.15) is 0 Å². The third-order valence-electron chi connectivity index (χ3n) is 3.13. The fourth-order valence-electron chi connectivity index (χ4n) is 1.99. The first-order valence-electron chi connectivity index (χ1n) is 5.85. The van der Waals surface area contributed by atoms with E-state index >= 15 is 0 Å². The van der Waals surface area contributed by atoms with Crippen molar-refractivity contribution in [2.75, 3.05) is 20.3 Å². The molecule has 3 unspecified atom stereocenters. The molecule has 0 radical (unpaired) electrons. The molecule has 5 nitrogen and oxygen atoms in total. The van der Waals surface area contributed by atoms with Crippen molar-refractivity contribution < 1.29 is 14.6 Å². The summed E-state index contributed by atoms with van der Waals surface area (Å²) < 4.78 is 4.86. The van der Waals surface area contributed by atoms with E-state index in [1.54, 1.807) is 7.11 Å². The van der Waals surface area contributed by atoms with Gasteiger partial charge in [-0.15, -0.1) is 0 Å². The molecule has 1 aliphatic rings. The lowest BCUT2D eigenvalue weighted by atomic mass is 10.1. The van der Waals surface area contributed by atoms with Crippen molar-refractivity contribution in [1.82, 2.24) is 5.32 Å². The number of hydrogen-bond acceptors (Lipinski definition) is 4. The lowest BCUT2D eigenvalue weighted by Crippen LogP contribution is -2.43. The predicted molar refractivity (Wildman–Crippen MR) is 60.8 cm³/mol. The molecule has 0 spiro atoms. The van der Waals surface area contributed by atoms with Crippen molar-refractivity contribution >= 4 is 5.91 Å². The minimum Gasteiger partial charge on any atom is -0.393 e. The van der Waals surface area contributed by atoms with Crippen molar-refractivity contribution in [2.45, 2.75) is 37.8 Å². The average molecular weight is 230 g/mol. The van der Waals surface area contributed by atoms with Crippen LogP contribution in [0.2, 0.25) is 0 Å². The number of methoxy groups -OCH3 is 1. The highest BCUT2D eigenvalue weighted by Gasteiger charge is 2.25. The van der Waals surface area contributed by atoms with Gasteiger partial charge in [0, 0.05) is 26.2 Å². The average Bonchev–Trinajstić information content (AvgIpc) is 2.68. The maximum absolute atomic E-state index is 11.5. The molecule has 0 aromatic rings. The zero-order chi connectivity index (χ0) is 12.0.